The second-order valence-electron chi connectivity index (χ2n) is 9.11. The van der Waals surface area contributed by atoms with E-state index in [2.05, 4.69) is 10.3 Å². The topological polar surface area (TPSA) is 111 Å². The Balaban J connectivity index is 1.50. The quantitative estimate of drug-likeness (QED) is 0.453. The van der Waals surface area contributed by atoms with E-state index in [9.17, 15) is 14.4 Å². The van der Waals surface area contributed by atoms with Crippen LogP contribution in [0.4, 0.5) is 5.69 Å². The van der Waals surface area contributed by atoms with Crippen molar-refractivity contribution in [2.45, 2.75) is 34.2 Å². The first-order valence-electron chi connectivity index (χ1n) is 11.7. The van der Waals surface area contributed by atoms with Gasteiger partial charge < -0.3 is 19.2 Å². The van der Waals surface area contributed by atoms with Crippen molar-refractivity contribution in [2.24, 2.45) is 5.92 Å². The van der Waals surface area contributed by atoms with Crippen LogP contribution in [0.2, 0.25) is 0 Å². The van der Waals surface area contributed by atoms with Crippen LogP contribution in [-0.2, 0) is 11.3 Å². The summed E-state index contributed by atoms with van der Waals surface area (Å²) >= 11 is 0. The summed E-state index contributed by atoms with van der Waals surface area (Å²) in [7, 11) is 0. The van der Waals surface area contributed by atoms with Crippen molar-refractivity contribution in [3.63, 3.8) is 0 Å². The Morgan fingerprint density at radius 3 is 2.64 bits per heavy atom. The van der Waals surface area contributed by atoms with Gasteiger partial charge in [-0.05, 0) is 49.1 Å². The first kappa shape index (κ1) is 25.0. The molecule has 0 unspecified atom stereocenters. The molecule has 1 aliphatic heterocycles. The molecule has 4 rings (SSSR count). The number of hydrogen-bond donors (Lipinski definition) is 1. The molecule has 0 radical (unpaired) electrons. The van der Waals surface area contributed by atoms with Crippen molar-refractivity contribution < 1.29 is 28.3 Å². The molecule has 0 bridgehead atoms. The van der Waals surface area contributed by atoms with E-state index in [1.54, 1.807) is 18.2 Å². The Labute approximate surface area is 209 Å². The van der Waals surface area contributed by atoms with Crippen LogP contribution in [0.3, 0.4) is 0 Å². The van der Waals surface area contributed by atoms with Gasteiger partial charge in [-0.15, -0.1) is 0 Å². The minimum atomic E-state index is -0.343. The molecule has 9 nitrogen and oxygen atoms in total. The Morgan fingerprint density at radius 2 is 1.92 bits per heavy atom. The molecule has 2 amide bonds. The van der Waals surface area contributed by atoms with Gasteiger partial charge in [-0.3, -0.25) is 19.3 Å². The van der Waals surface area contributed by atoms with E-state index in [0.29, 0.717) is 35.2 Å². The first-order chi connectivity index (χ1) is 17.2. The highest BCUT2D eigenvalue weighted by atomic mass is 16.5. The Hall–Kier alpha value is -4.14. The summed E-state index contributed by atoms with van der Waals surface area (Å²) < 4.78 is 16.8. The number of fused-ring (bicyclic) bond motifs is 1. The van der Waals surface area contributed by atoms with Crippen LogP contribution < -0.4 is 19.7 Å². The van der Waals surface area contributed by atoms with Crippen LogP contribution in [0, 0.1) is 19.8 Å². The molecule has 36 heavy (non-hydrogen) atoms. The number of benzene rings is 2. The highest BCUT2D eigenvalue weighted by Gasteiger charge is 2.28. The average molecular weight is 492 g/mol. The van der Waals surface area contributed by atoms with E-state index in [-0.39, 0.29) is 48.9 Å². The molecule has 0 saturated heterocycles. The summed E-state index contributed by atoms with van der Waals surface area (Å²) in [5, 5.41) is 2.78. The average Bonchev–Trinajstić information content (AvgIpc) is 3.32. The van der Waals surface area contributed by atoms with Crippen molar-refractivity contribution in [3.8, 4) is 11.5 Å². The van der Waals surface area contributed by atoms with Crippen LogP contribution in [0.1, 0.15) is 51.7 Å². The van der Waals surface area contributed by atoms with Gasteiger partial charge in [0.1, 0.15) is 24.3 Å². The number of anilines is 1. The van der Waals surface area contributed by atoms with Crippen molar-refractivity contribution in [1.82, 2.24) is 10.3 Å². The number of aryl methyl sites for hydroxylation is 2. The van der Waals surface area contributed by atoms with Crippen LogP contribution in [0.5, 0.6) is 11.5 Å². The van der Waals surface area contributed by atoms with Crippen molar-refractivity contribution in [1.29, 1.82) is 0 Å². The van der Waals surface area contributed by atoms with Gasteiger partial charge in [0.25, 0.3) is 11.8 Å². The normalized spacial score (nSPS) is 12.8. The second-order valence-corrected chi connectivity index (χ2v) is 9.11. The van der Waals surface area contributed by atoms with Gasteiger partial charge in [-0.2, -0.15) is 0 Å². The number of oxazole rings is 1. The third-order valence-corrected chi connectivity index (χ3v) is 5.73. The lowest BCUT2D eigenvalue weighted by Crippen LogP contribution is -2.38. The highest BCUT2D eigenvalue weighted by molar-refractivity contribution is 6.02. The molecule has 0 fully saturated rings. The van der Waals surface area contributed by atoms with Gasteiger partial charge in [0.2, 0.25) is 5.89 Å². The lowest BCUT2D eigenvalue weighted by Gasteiger charge is -2.28. The minimum absolute atomic E-state index is 0.0107. The fourth-order valence-corrected chi connectivity index (χ4v) is 3.81. The molecular weight excluding hydrogens is 462 g/mol. The van der Waals surface area contributed by atoms with Crippen LogP contribution in [0.25, 0.3) is 0 Å². The van der Waals surface area contributed by atoms with Crippen LogP contribution in [-0.4, -0.2) is 42.3 Å². The third-order valence-electron chi connectivity index (χ3n) is 5.73. The Morgan fingerprint density at radius 1 is 1.17 bits per heavy atom. The van der Waals surface area contributed by atoms with Gasteiger partial charge in [-0.1, -0.05) is 32.0 Å². The molecule has 9 heteroatoms. The monoisotopic (exact) mass is 491 g/mol. The summed E-state index contributed by atoms with van der Waals surface area (Å²) in [6.45, 7) is 8.04. The molecule has 2 aromatic carbocycles. The zero-order chi connectivity index (χ0) is 25.8. The maximum absolute atomic E-state index is 12.9. The number of Topliss-reactive ketones (excluding diaryl/α,β-unsaturated/α-hetero) is 1. The Kier molecular flexibility index (Phi) is 7.38. The van der Waals surface area contributed by atoms with E-state index < -0.39 is 0 Å². The van der Waals surface area contributed by atoms with Crippen LogP contribution >= 0.6 is 0 Å². The number of hydrogen-bond acceptors (Lipinski definition) is 7. The van der Waals surface area contributed by atoms with Gasteiger partial charge in [0.15, 0.2) is 24.7 Å². The molecule has 188 valence electrons. The SMILES string of the molecule is Cc1cccc(C)c1OCC(=O)c1ccc2c(c1)N(Cc1nc(C(=O)NCC(C)C)co1)C(=O)CO2. The smallest absolute Gasteiger partial charge is 0.273 e. The molecule has 1 aliphatic rings. The number of para-hydroxylation sites is 1. The van der Waals surface area contributed by atoms with E-state index in [1.165, 1.54) is 11.2 Å². The maximum Gasteiger partial charge on any atom is 0.273 e. The predicted molar refractivity (Wildman–Crippen MR) is 133 cm³/mol. The van der Waals surface area contributed by atoms with E-state index in [0.717, 1.165) is 11.1 Å². The minimum Gasteiger partial charge on any atom is -0.485 e. The number of nitrogens with zero attached hydrogens (tertiary/aromatic N) is 2. The largest absolute Gasteiger partial charge is 0.485 e. The molecule has 2 heterocycles. The molecule has 3 aromatic rings. The van der Waals surface area contributed by atoms with Crippen molar-refractivity contribution >= 4 is 23.3 Å². The standard InChI is InChI=1S/C27H29N3O6/c1-16(2)11-28-27(33)20-13-35-24(29-20)12-30-21-10-19(8-9-23(21)34-15-25(30)32)22(31)14-36-26-17(3)6-5-7-18(26)4/h5-10,13,16H,11-12,14-15H2,1-4H3,(H,28,33). The number of ketones is 1. The lowest BCUT2D eigenvalue weighted by atomic mass is 10.1. The number of rotatable bonds is 9. The summed E-state index contributed by atoms with van der Waals surface area (Å²) in [6.07, 6.45) is 1.27. The van der Waals surface area contributed by atoms with E-state index >= 15 is 0 Å². The fraction of sp³-hybridized carbons (Fsp3) is 0.333. The van der Waals surface area contributed by atoms with Gasteiger partial charge in [-0.25, -0.2) is 4.98 Å². The molecular formula is C27H29N3O6. The molecule has 0 saturated carbocycles. The van der Waals surface area contributed by atoms with Gasteiger partial charge in [0, 0.05) is 12.1 Å². The summed E-state index contributed by atoms with van der Waals surface area (Å²) in [5.74, 6) is 0.738. The van der Waals surface area contributed by atoms with Crippen molar-refractivity contribution in [3.05, 3.63) is 70.9 Å². The second kappa shape index (κ2) is 10.6. The molecule has 0 spiro atoms. The summed E-state index contributed by atoms with van der Waals surface area (Å²) in [5.41, 5.74) is 2.83. The first-order valence-corrected chi connectivity index (χ1v) is 11.7. The number of ether oxygens (including phenoxy) is 2. The summed E-state index contributed by atoms with van der Waals surface area (Å²) in [4.78, 5) is 43.5. The maximum atomic E-state index is 12.9. The number of amides is 2. The number of nitrogens with one attached hydrogen (secondary N) is 1. The molecule has 0 atom stereocenters. The highest BCUT2D eigenvalue weighted by Crippen LogP contribution is 2.34. The number of carbonyl (C=O) groups excluding carboxylic acids is 3. The van der Waals surface area contributed by atoms with E-state index in [4.69, 9.17) is 13.9 Å². The van der Waals surface area contributed by atoms with Crippen molar-refractivity contribution in [2.75, 3.05) is 24.7 Å². The predicted octanol–water partition coefficient (Wildman–Crippen LogP) is 3.86. The number of carbonyl (C=O) groups is 3. The third kappa shape index (κ3) is 5.56. The molecule has 1 aromatic heterocycles. The molecule has 0 aliphatic carbocycles. The Bertz CT molecular complexity index is 1280. The van der Waals surface area contributed by atoms with Gasteiger partial charge >= 0.3 is 0 Å². The number of aromatic nitrogens is 1. The summed E-state index contributed by atoms with van der Waals surface area (Å²) in [6, 6.07) is 10.7. The zero-order valence-corrected chi connectivity index (χ0v) is 20.8. The molecule has 1 N–H and O–H groups in total. The van der Waals surface area contributed by atoms with E-state index in [1.807, 2.05) is 45.9 Å². The lowest BCUT2D eigenvalue weighted by molar-refractivity contribution is -0.121. The van der Waals surface area contributed by atoms with Gasteiger partial charge in [0.05, 0.1) is 5.69 Å². The van der Waals surface area contributed by atoms with Crippen LogP contribution in [0.15, 0.2) is 47.1 Å². The fourth-order valence-electron chi connectivity index (χ4n) is 3.81. The zero-order valence-electron chi connectivity index (χ0n) is 20.8.